The molecule has 14 heavy (non-hydrogen) atoms. The smallest absolute Gasteiger partial charge is 0.163 e. The number of carbonyl (C=O) groups is 1. The number of aromatic hydroxyl groups is 1. The van der Waals surface area contributed by atoms with E-state index < -0.39 is 0 Å². The Hall–Kier alpha value is -1.84. The van der Waals surface area contributed by atoms with E-state index in [9.17, 15) is 9.90 Å². The van der Waals surface area contributed by atoms with Gasteiger partial charge in [0.25, 0.3) is 0 Å². The van der Waals surface area contributed by atoms with Crippen LogP contribution < -0.4 is 0 Å². The van der Waals surface area contributed by atoms with Gasteiger partial charge in [-0.05, 0) is 19.9 Å². The Bertz CT molecular complexity index is 514. The predicted molar refractivity (Wildman–Crippen MR) is 52.5 cm³/mol. The van der Waals surface area contributed by atoms with E-state index in [4.69, 9.17) is 0 Å². The highest BCUT2D eigenvalue weighted by atomic mass is 16.3. The minimum Gasteiger partial charge on any atom is -0.507 e. The Morgan fingerprint density at radius 2 is 2.21 bits per heavy atom. The van der Waals surface area contributed by atoms with Crippen LogP contribution in [0, 0.1) is 6.92 Å². The number of phenolic OH excluding ortho intramolecular Hbond substituents is 1. The van der Waals surface area contributed by atoms with Gasteiger partial charge in [-0.2, -0.15) is 0 Å². The molecule has 0 aliphatic heterocycles. The van der Waals surface area contributed by atoms with E-state index in [1.165, 1.54) is 13.0 Å². The third kappa shape index (κ3) is 1.25. The first kappa shape index (κ1) is 8.74. The highest BCUT2D eigenvalue weighted by Crippen LogP contribution is 2.23. The van der Waals surface area contributed by atoms with Gasteiger partial charge in [-0.25, -0.2) is 4.98 Å². The Morgan fingerprint density at radius 1 is 1.50 bits per heavy atom. The number of hydrogen-bond acceptors (Lipinski definition) is 3. The second kappa shape index (κ2) is 2.83. The molecule has 0 amide bonds. The number of rotatable bonds is 1. The topological polar surface area (TPSA) is 66.0 Å². The lowest BCUT2D eigenvalue weighted by atomic mass is 10.1. The molecule has 0 aliphatic rings. The van der Waals surface area contributed by atoms with Gasteiger partial charge >= 0.3 is 0 Å². The fraction of sp³-hybridized carbons (Fsp3) is 0.200. The molecule has 0 radical (unpaired) electrons. The van der Waals surface area contributed by atoms with E-state index in [0.29, 0.717) is 11.1 Å². The van der Waals surface area contributed by atoms with Crippen molar-refractivity contribution >= 4 is 16.8 Å². The molecule has 1 heterocycles. The molecule has 4 nitrogen and oxygen atoms in total. The first-order chi connectivity index (χ1) is 6.58. The van der Waals surface area contributed by atoms with Gasteiger partial charge in [-0.3, -0.25) is 4.79 Å². The second-order valence-corrected chi connectivity index (χ2v) is 3.26. The number of benzene rings is 1. The lowest BCUT2D eigenvalue weighted by Crippen LogP contribution is -1.92. The summed E-state index contributed by atoms with van der Waals surface area (Å²) in [5.41, 5.74) is 1.76. The van der Waals surface area contributed by atoms with Crippen molar-refractivity contribution in [3.63, 3.8) is 0 Å². The average molecular weight is 190 g/mol. The van der Waals surface area contributed by atoms with Crippen LogP contribution in [0.4, 0.5) is 0 Å². The molecule has 2 N–H and O–H groups in total. The van der Waals surface area contributed by atoms with Crippen LogP contribution in [0.2, 0.25) is 0 Å². The maximum Gasteiger partial charge on any atom is 0.163 e. The summed E-state index contributed by atoms with van der Waals surface area (Å²) in [4.78, 5) is 18.3. The number of H-pyrrole nitrogens is 1. The molecule has 0 saturated heterocycles. The minimum absolute atomic E-state index is 0.0171. The molecule has 0 fully saturated rings. The number of carbonyl (C=O) groups excluding carboxylic acids is 1. The molecule has 2 rings (SSSR count). The molecule has 0 atom stereocenters. The van der Waals surface area contributed by atoms with Crippen molar-refractivity contribution in [3.8, 4) is 5.75 Å². The Balaban J connectivity index is 2.76. The van der Waals surface area contributed by atoms with Gasteiger partial charge in [0.05, 0.1) is 16.6 Å². The number of phenols is 1. The zero-order valence-corrected chi connectivity index (χ0v) is 7.96. The first-order valence-electron chi connectivity index (χ1n) is 4.28. The van der Waals surface area contributed by atoms with Crippen LogP contribution in [0.3, 0.4) is 0 Å². The Labute approximate surface area is 80.6 Å². The van der Waals surface area contributed by atoms with Crippen LogP contribution in [0.15, 0.2) is 12.1 Å². The fourth-order valence-electron chi connectivity index (χ4n) is 1.46. The maximum absolute atomic E-state index is 11.1. The molecule has 1 aromatic carbocycles. The summed E-state index contributed by atoms with van der Waals surface area (Å²) in [7, 11) is 0. The molecule has 4 heteroatoms. The number of hydrogen-bond donors (Lipinski definition) is 2. The molecule has 0 saturated carbocycles. The summed E-state index contributed by atoms with van der Waals surface area (Å²) < 4.78 is 0. The normalized spacial score (nSPS) is 10.7. The third-order valence-electron chi connectivity index (χ3n) is 2.10. The quantitative estimate of drug-likeness (QED) is 0.673. The highest BCUT2D eigenvalue weighted by molar-refractivity contribution is 6.00. The molecule has 72 valence electrons. The largest absolute Gasteiger partial charge is 0.507 e. The van der Waals surface area contributed by atoms with Gasteiger partial charge < -0.3 is 10.1 Å². The van der Waals surface area contributed by atoms with Crippen LogP contribution in [-0.4, -0.2) is 20.9 Å². The van der Waals surface area contributed by atoms with Crippen LogP contribution in [-0.2, 0) is 0 Å². The summed E-state index contributed by atoms with van der Waals surface area (Å²) in [5.74, 6) is 0.591. The molecule has 0 unspecified atom stereocenters. The lowest BCUT2D eigenvalue weighted by molar-refractivity contribution is 0.101. The molecule has 2 aromatic rings. The van der Waals surface area contributed by atoms with E-state index in [1.54, 1.807) is 6.07 Å². The standard InChI is InChI=1S/C10H10N2O2/c1-5(13)7-3-8-9(4-10(7)14)12-6(2)11-8/h3-4,14H,1-2H3,(H,11,12). The maximum atomic E-state index is 11.1. The van der Waals surface area contributed by atoms with Gasteiger partial charge in [0.15, 0.2) is 5.78 Å². The number of nitrogens with zero attached hydrogens (tertiary/aromatic N) is 1. The number of imidazole rings is 1. The minimum atomic E-state index is -0.156. The zero-order valence-electron chi connectivity index (χ0n) is 7.96. The SMILES string of the molecule is CC(=O)c1cc2[nH]c(C)nc2cc1O. The average Bonchev–Trinajstić information content (AvgIpc) is 2.42. The number of aromatic nitrogens is 2. The van der Waals surface area contributed by atoms with Gasteiger partial charge in [0.2, 0.25) is 0 Å². The summed E-state index contributed by atoms with van der Waals surface area (Å²) in [6.45, 7) is 3.24. The van der Waals surface area contributed by atoms with Crippen molar-refractivity contribution < 1.29 is 9.90 Å². The summed E-state index contributed by atoms with van der Waals surface area (Å²) >= 11 is 0. The molecular weight excluding hydrogens is 180 g/mol. The van der Waals surface area contributed by atoms with E-state index in [-0.39, 0.29) is 11.5 Å². The number of ketones is 1. The third-order valence-corrected chi connectivity index (χ3v) is 2.10. The molecule has 1 aromatic heterocycles. The number of Topliss-reactive ketones (excluding diaryl/α,β-unsaturated/α-hetero) is 1. The predicted octanol–water partition coefficient (Wildman–Crippen LogP) is 1.78. The van der Waals surface area contributed by atoms with Crippen molar-refractivity contribution in [1.29, 1.82) is 0 Å². The summed E-state index contributed by atoms with van der Waals surface area (Å²) in [6, 6.07) is 3.11. The van der Waals surface area contributed by atoms with E-state index in [2.05, 4.69) is 9.97 Å². The fourth-order valence-corrected chi connectivity index (χ4v) is 1.46. The molecular formula is C10H10N2O2. The van der Waals surface area contributed by atoms with Crippen molar-refractivity contribution in [1.82, 2.24) is 9.97 Å². The van der Waals surface area contributed by atoms with Crippen LogP contribution in [0.1, 0.15) is 23.1 Å². The van der Waals surface area contributed by atoms with Crippen LogP contribution >= 0.6 is 0 Å². The van der Waals surface area contributed by atoms with Gasteiger partial charge in [0.1, 0.15) is 11.6 Å². The zero-order chi connectivity index (χ0) is 10.3. The number of fused-ring (bicyclic) bond motifs is 1. The monoisotopic (exact) mass is 190 g/mol. The summed E-state index contributed by atoms with van der Waals surface area (Å²) in [5, 5.41) is 9.51. The second-order valence-electron chi connectivity index (χ2n) is 3.26. The van der Waals surface area contributed by atoms with Crippen LogP contribution in [0.25, 0.3) is 11.0 Å². The Morgan fingerprint density at radius 3 is 2.86 bits per heavy atom. The van der Waals surface area contributed by atoms with Crippen molar-refractivity contribution in [2.75, 3.05) is 0 Å². The highest BCUT2D eigenvalue weighted by Gasteiger charge is 2.09. The van der Waals surface area contributed by atoms with Gasteiger partial charge in [-0.1, -0.05) is 0 Å². The van der Waals surface area contributed by atoms with Crippen molar-refractivity contribution in [2.45, 2.75) is 13.8 Å². The van der Waals surface area contributed by atoms with E-state index in [0.717, 1.165) is 11.3 Å². The number of nitrogens with one attached hydrogen (secondary N) is 1. The lowest BCUT2D eigenvalue weighted by Gasteiger charge is -1.99. The van der Waals surface area contributed by atoms with Gasteiger partial charge in [0, 0.05) is 6.07 Å². The van der Waals surface area contributed by atoms with Crippen molar-refractivity contribution in [3.05, 3.63) is 23.5 Å². The number of aromatic amines is 1. The van der Waals surface area contributed by atoms with E-state index >= 15 is 0 Å². The van der Waals surface area contributed by atoms with Crippen molar-refractivity contribution in [2.24, 2.45) is 0 Å². The first-order valence-corrected chi connectivity index (χ1v) is 4.28. The molecule has 0 bridgehead atoms. The van der Waals surface area contributed by atoms with E-state index in [1.807, 2.05) is 6.92 Å². The molecule has 0 aliphatic carbocycles. The molecule has 0 spiro atoms. The van der Waals surface area contributed by atoms with Crippen LogP contribution in [0.5, 0.6) is 5.75 Å². The summed E-state index contributed by atoms with van der Waals surface area (Å²) in [6.07, 6.45) is 0. The Kier molecular flexibility index (Phi) is 1.77. The van der Waals surface area contributed by atoms with Gasteiger partial charge in [-0.15, -0.1) is 0 Å². The number of aryl methyl sites for hydroxylation is 1.